The first kappa shape index (κ1) is 18.0. The number of ketones is 1. The van der Waals surface area contributed by atoms with Gasteiger partial charge in [0.25, 0.3) is 5.91 Å². The molecule has 6 nitrogen and oxygen atoms in total. The molecule has 2 heterocycles. The number of amides is 1. The first-order chi connectivity index (χ1) is 12.5. The molecule has 0 bridgehead atoms. The van der Waals surface area contributed by atoms with Crippen molar-refractivity contribution in [3.63, 3.8) is 0 Å². The lowest BCUT2D eigenvalue weighted by Gasteiger charge is -2.14. The van der Waals surface area contributed by atoms with Crippen molar-refractivity contribution in [3.8, 4) is 10.4 Å². The lowest BCUT2D eigenvalue weighted by Crippen LogP contribution is -2.28. The zero-order valence-electron chi connectivity index (χ0n) is 14.9. The molecule has 1 amide bonds. The Morgan fingerprint density at radius 1 is 1.27 bits per heavy atom. The van der Waals surface area contributed by atoms with E-state index in [4.69, 9.17) is 0 Å². The van der Waals surface area contributed by atoms with Gasteiger partial charge in [-0.05, 0) is 50.6 Å². The van der Waals surface area contributed by atoms with Crippen LogP contribution in [0.25, 0.3) is 10.4 Å². The molecule has 0 fully saturated rings. The Hall–Kier alpha value is -2.80. The summed E-state index contributed by atoms with van der Waals surface area (Å²) in [5.74, 6) is 0.596. The summed E-state index contributed by atoms with van der Waals surface area (Å²) in [6.07, 6.45) is 1.49. The molecule has 0 aliphatic rings. The van der Waals surface area contributed by atoms with Crippen LogP contribution in [0.4, 0.5) is 0 Å². The van der Waals surface area contributed by atoms with Crippen LogP contribution < -0.4 is 5.32 Å². The molecular weight excluding hydrogens is 348 g/mol. The summed E-state index contributed by atoms with van der Waals surface area (Å²) in [4.78, 5) is 30.0. The first-order valence-corrected chi connectivity index (χ1v) is 9.21. The van der Waals surface area contributed by atoms with Crippen LogP contribution in [0.15, 0.2) is 42.7 Å². The van der Waals surface area contributed by atoms with Gasteiger partial charge >= 0.3 is 0 Å². The number of carbonyl (C=O) groups excluding carboxylic acids is 2. The van der Waals surface area contributed by atoms with Gasteiger partial charge in [0.05, 0.1) is 10.9 Å². The zero-order valence-corrected chi connectivity index (χ0v) is 15.7. The number of thiophene rings is 1. The third-order valence-corrected chi connectivity index (χ3v) is 5.28. The van der Waals surface area contributed by atoms with Crippen molar-refractivity contribution in [1.82, 2.24) is 20.1 Å². The lowest BCUT2D eigenvalue weighted by molar-refractivity contribution is 0.0936. The third-order valence-electron chi connectivity index (χ3n) is 4.04. The van der Waals surface area contributed by atoms with Crippen LogP contribution in [-0.2, 0) is 6.54 Å². The van der Waals surface area contributed by atoms with E-state index in [0.717, 1.165) is 16.3 Å². The Balaban J connectivity index is 1.78. The fourth-order valence-electron chi connectivity index (χ4n) is 2.69. The monoisotopic (exact) mass is 368 g/mol. The lowest BCUT2D eigenvalue weighted by atomic mass is 10.1. The van der Waals surface area contributed by atoms with E-state index in [1.54, 1.807) is 17.7 Å². The molecule has 1 N–H and O–H groups in total. The standard InChI is InChI=1S/C19H20N4O2S/c1-4-23-18(20-11-21-23)12(2)22-19(25)15-7-5-6-14(10-15)17-9-8-16(26-17)13(3)24/h5-12H,4H2,1-3H3,(H,22,25)/t12-/m0/s1. The van der Waals surface area contributed by atoms with E-state index in [9.17, 15) is 9.59 Å². The highest BCUT2D eigenvalue weighted by molar-refractivity contribution is 7.17. The maximum absolute atomic E-state index is 12.6. The van der Waals surface area contributed by atoms with E-state index in [0.29, 0.717) is 17.0 Å². The molecule has 0 aliphatic heterocycles. The minimum absolute atomic E-state index is 0.0454. The summed E-state index contributed by atoms with van der Waals surface area (Å²) < 4.78 is 1.76. The molecule has 0 radical (unpaired) electrons. The van der Waals surface area contributed by atoms with Crippen LogP contribution in [0.5, 0.6) is 0 Å². The van der Waals surface area contributed by atoms with Crippen molar-refractivity contribution in [3.05, 3.63) is 59.0 Å². The van der Waals surface area contributed by atoms with Gasteiger partial charge in [-0.2, -0.15) is 5.10 Å². The summed E-state index contributed by atoms with van der Waals surface area (Å²) in [5.41, 5.74) is 1.48. The summed E-state index contributed by atoms with van der Waals surface area (Å²) in [6.45, 7) is 6.11. The minimum atomic E-state index is -0.250. The number of nitrogens with one attached hydrogen (secondary N) is 1. The molecule has 2 aromatic heterocycles. The summed E-state index contributed by atoms with van der Waals surface area (Å²) in [6, 6.07) is 10.9. The molecule has 0 aliphatic carbocycles. The van der Waals surface area contributed by atoms with E-state index < -0.39 is 0 Å². The van der Waals surface area contributed by atoms with Crippen molar-refractivity contribution in [2.45, 2.75) is 33.4 Å². The molecule has 1 atom stereocenters. The molecule has 134 valence electrons. The average molecular weight is 368 g/mol. The number of hydrogen-bond acceptors (Lipinski definition) is 5. The second-order valence-corrected chi connectivity index (χ2v) is 7.01. The van der Waals surface area contributed by atoms with Crippen LogP contribution >= 0.6 is 11.3 Å². The van der Waals surface area contributed by atoms with Gasteiger partial charge in [0, 0.05) is 17.0 Å². The molecule has 1 aromatic carbocycles. The van der Waals surface area contributed by atoms with Crippen LogP contribution in [0, 0.1) is 0 Å². The molecule has 0 unspecified atom stereocenters. The number of aromatic nitrogens is 3. The molecule has 0 spiro atoms. The van der Waals surface area contributed by atoms with Gasteiger partial charge in [-0.3, -0.25) is 9.59 Å². The van der Waals surface area contributed by atoms with Crippen molar-refractivity contribution < 1.29 is 9.59 Å². The minimum Gasteiger partial charge on any atom is -0.342 e. The Morgan fingerprint density at radius 3 is 2.77 bits per heavy atom. The maximum atomic E-state index is 12.6. The Bertz CT molecular complexity index is 944. The number of Topliss-reactive ketones (excluding diaryl/α,β-unsaturated/α-hetero) is 1. The van der Waals surface area contributed by atoms with Crippen LogP contribution in [0.3, 0.4) is 0 Å². The van der Waals surface area contributed by atoms with Gasteiger partial charge in [0.2, 0.25) is 0 Å². The van der Waals surface area contributed by atoms with Crippen molar-refractivity contribution in [2.24, 2.45) is 0 Å². The Morgan fingerprint density at radius 2 is 2.08 bits per heavy atom. The number of carbonyl (C=O) groups is 2. The largest absolute Gasteiger partial charge is 0.342 e. The van der Waals surface area contributed by atoms with Crippen molar-refractivity contribution in [2.75, 3.05) is 0 Å². The van der Waals surface area contributed by atoms with Gasteiger partial charge in [0.15, 0.2) is 5.78 Å². The quantitative estimate of drug-likeness (QED) is 0.673. The highest BCUT2D eigenvalue weighted by Gasteiger charge is 2.17. The van der Waals surface area contributed by atoms with E-state index in [2.05, 4.69) is 15.4 Å². The molecule has 0 saturated carbocycles. The number of aryl methyl sites for hydroxylation is 1. The Kier molecular flexibility index (Phi) is 5.27. The SMILES string of the molecule is CCn1ncnc1[C@H](C)NC(=O)c1cccc(-c2ccc(C(C)=O)s2)c1. The molecule has 0 saturated heterocycles. The summed E-state index contributed by atoms with van der Waals surface area (Å²) in [7, 11) is 0. The number of rotatable bonds is 6. The first-order valence-electron chi connectivity index (χ1n) is 8.39. The van der Waals surface area contributed by atoms with Gasteiger partial charge in [-0.15, -0.1) is 11.3 Å². The van der Waals surface area contributed by atoms with Crippen LogP contribution in [0.1, 0.15) is 52.7 Å². The van der Waals surface area contributed by atoms with E-state index in [1.807, 2.05) is 44.2 Å². The predicted molar refractivity (Wildman–Crippen MR) is 101 cm³/mol. The predicted octanol–water partition coefficient (Wildman–Crippen LogP) is 3.72. The van der Waals surface area contributed by atoms with Gasteiger partial charge in [0.1, 0.15) is 12.2 Å². The highest BCUT2D eigenvalue weighted by atomic mass is 32.1. The number of nitrogens with zero attached hydrogens (tertiary/aromatic N) is 3. The van der Waals surface area contributed by atoms with E-state index in [1.165, 1.54) is 17.7 Å². The third kappa shape index (κ3) is 3.72. The van der Waals surface area contributed by atoms with Crippen molar-refractivity contribution in [1.29, 1.82) is 0 Å². The fourth-order valence-corrected chi connectivity index (χ4v) is 3.59. The second-order valence-electron chi connectivity index (χ2n) is 5.93. The highest BCUT2D eigenvalue weighted by Crippen LogP contribution is 2.29. The number of benzene rings is 1. The smallest absolute Gasteiger partial charge is 0.251 e. The second kappa shape index (κ2) is 7.61. The van der Waals surface area contributed by atoms with Crippen LogP contribution in [0.2, 0.25) is 0 Å². The molecular formula is C19H20N4O2S. The van der Waals surface area contributed by atoms with E-state index >= 15 is 0 Å². The molecule has 3 rings (SSSR count). The van der Waals surface area contributed by atoms with Crippen LogP contribution in [-0.4, -0.2) is 26.5 Å². The molecule has 3 aromatic rings. The molecule has 26 heavy (non-hydrogen) atoms. The fraction of sp³-hybridized carbons (Fsp3) is 0.263. The average Bonchev–Trinajstić information content (AvgIpc) is 3.31. The summed E-state index contributed by atoms with van der Waals surface area (Å²) in [5, 5.41) is 7.10. The van der Waals surface area contributed by atoms with Crippen molar-refractivity contribution >= 4 is 23.0 Å². The zero-order chi connectivity index (χ0) is 18.7. The topological polar surface area (TPSA) is 76.9 Å². The Labute approximate surface area is 155 Å². The van der Waals surface area contributed by atoms with Gasteiger partial charge in [-0.25, -0.2) is 9.67 Å². The van der Waals surface area contributed by atoms with E-state index in [-0.39, 0.29) is 17.7 Å². The maximum Gasteiger partial charge on any atom is 0.251 e. The van der Waals surface area contributed by atoms with Gasteiger partial charge in [-0.1, -0.05) is 12.1 Å². The van der Waals surface area contributed by atoms with Gasteiger partial charge < -0.3 is 5.32 Å². The summed E-state index contributed by atoms with van der Waals surface area (Å²) >= 11 is 1.43. The normalized spacial score (nSPS) is 12.0. The molecule has 7 heteroatoms. The number of hydrogen-bond donors (Lipinski definition) is 1.